The Bertz CT molecular complexity index is 2360. The minimum Gasteiger partial charge on any atom is -0.256 e. The van der Waals surface area contributed by atoms with Gasteiger partial charge in [-0.05, 0) is 58.0 Å². The molecule has 0 spiro atoms. The molecule has 230 valence electrons. The lowest BCUT2D eigenvalue weighted by atomic mass is 9.95. The van der Waals surface area contributed by atoms with E-state index in [0.29, 0.717) is 0 Å². The molecule has 6 aromatic carbocycles. The fourth-order valence-electron chi connectivity index (χ4n) is 6.31. The predicted molar refractivity (Wildman–Crippen MR) is 207 cm³/mol. The van der Waals surface area contributed by atoms with Gasteiger partial charge in [0.15, 0.2) is 0 Å². The molecule has 1 heterocycles. The first-order chi connectivity index (χ1) is 23.7. The number of allylic oxidation sites excluding steroid dienone is 5. The Morgan fingerprint density at radius 1 is 0.688 bits per heavy atom. The molecule has 0 saturated heterocycles. The lowest BCUT2D eigenvalue weighted by Gasteiger charge is -2.12. The van der Waals surface area contributed by atoms with Crippen LogP contribution in [-0.2, 0) is 6.42 Å². The maximum atomic E-state index is 5.16. The van der Waals surface area contributed by atoms with E-state index in [4.69, 9.17) is 9.98 Å². The minimum absolute atomic E-state index is 0.758. The number of benzene rings is 6. The van der Waals surface area contributed by atoms with Crippen LogP contribution in [0.5, 0.6) is 0 Å². The van der Waals surface area contributed by atoms with Crippen molar-refractivity contribution < 1.29 is 0 Å². The molecule has 0 radical (unpaired) electrons. The van der Waals surface area contributed by atoms with Crippen LogP contribution in [0.15, 0.2) is 193 Å². The lowest BCUT2D eigenvalue weighted by Crippen LogP contribution is -1.92. The normalized spacial score (nSPS) is 12.5. The minimum atomic E-state index is 0.758. The zero-order chi connectivity index (χ0) is 32.7. The molecule has 0 atom stereocenters. The predicted octanol–water partition coefficient (Wildman–Crippen LogP) is 12.1. The number of aromatic nitrogens is 1. The number of hydrogen-bond acceptors (Lipinski definition) is 2. The van der Waals surface area contributed by atoms with Crippen LogP contribution in [0.25, 0.3) is 54.8 Å². The van der Waals surface area contributed by atoms with Crippen molar-refractivity contribution in [3.05, 3.63) is 199 Å². The van der Waals surface area contributed by atoms with Crippen LogP contribution in [0.3, 0.4) is 0 Å². The van der Waals surface area contributed by atoms with Gasteiger partial charge < -0.3 is 0 Å². The van der Waals surface area contributed by atoms with Crippen LogP contribution in [0.2, 0.25) is 0 Å². The Kier molecular flexibility index (Phi) is 8.97. The highest BCUT2D eigenvalue weighted by molar-refractivity contribution is 6.22. The van der Waals surface area contributed by atoms with Gasteiger partial charge >= 0.3 is 0 Å². The van der Waals surface area contributed by atoms with E-state index >= 15 is 0 Å². The Labute approximate surface area is 282 Å². The molecule has 48 heavy (non-hydrogen) atoms. The molecular weight excluding hydrogens is 581 g/mol. The van der Waals surface area contributed by atoms with Gasteiger partial charge in [-0.3, -0.25) is 4.99 Å². The Morgan fingerprint density at radius 3 is 2.25 bits per heavy atom. The van der Waals surface area contributed by atoms with Gasteiger partial charge in [0.2, 0.25) is 0 Å². The van der Waals surface area contributed by atoms with Crippen LogP contribution < -0.4 is 0 Å². The second-order valence-electron chi connectivity index (χ2n) is 11.8. The van der Waals surface area contributed by atoms with Crippen LogP contribution >= 0.6 is 0 Å². The van der Waals surface area contributed by atoms with Gasteiger partial charge in [-0.1, -0.05) is 170 Å². The second kappa shape index (κ2) is 14.1. The van der Waals surface area contributed by atoms with Crippen molar-refractivity contribution in [3.63, 3.8) is 0 Å². The number of para-hydroxylation sites is 1. The van der Waals surface area contributed by atoms with Crippen molar-refractivity contribution in [3.8, 4) is 22.4 Å². The van der Waals surface area contributed by atoms with E-state index in [1.54, 1.807) is 0 Å². The number of pyridine rings is 1. The molecule has 0 aliphatic heterocycles. The number of rotatable bonds is 9. The second-order valence-corrected chi connectivity index (χ2v) is 11.8. The van der Waals surface area contributed by atoms with Crippen molar-refractivity contribution in [2.75, 3.05) is 0 Å². The average molecular weight is 617 g/mol. The summed E-state index contributed by atoms with van der Waals surface area (Å²) in [6, 6.07) is 49.2. The largest absolute Gasteiger partial charge is 0.256 e. The van der Waals surface area contributed by atoms with Gasteiger partial charge in [0.05, 0.1) is 16.9 Å². The summed E-state index contributed by atoms with van der Waals surface area (Å²) in [6.45, 7) is 5.97. The summed E-state index contributed by atoms with van der Waals surface area (Å²) in [5, 5.41) is 6.05. The molecule has 7 aromatic rings. The monoisotopic (exact) mass is 616 g/mol. The van der Waals surface area contributed by atoms with Gasteiger partial charge in [0.25, 0.3) is 0 Å². The summed E-state index contributed by atoms with van der Waals surface area (Å²) in [5.74, 6) is 0. The standard InChI is InChI=1S/C46H36N2/c1-3-13-37(14-4-2)43(30-25-33-15-12-19-39(31-33)35-16-6-5-7-17-35)47-32-34-23-26-38(27-24-34)46-42-29-28-36-18-8-9-20-40(36)45(42)41-21-10-11-22-44(41)48-46/h3-24,26-32H,1,25H2,2H3/b14-4-,37-13+,43-30-,47-32?. The summed E-state index contributed by atoms with van der Waals surface area (Å²) in [7, 11) is 0. The molecular formula is C46H36N2. The molecule has 1 aromatic heterocycles. The third-order valence-electron chi connectivity index (χ3n) is 8.63. The number of fused-ring (bicyclic) bond motifs is 5. The van der Waals surface area contributed by atoms with Gasteiger partial charge in [0, 0.05) is 27.9 Å². The fourth-order valence-corrected chi connectivity index (χ4v) is 6.31. The van der Waals surface area contributed by atoms with Gasteiger partial charge in [-0.15, -0.1) is 0 Å². The molecule has 0 aliphatic rings. The molecule has 0 bridgehead atoms. The highest BCUT2D eigenvalue weighted by Gasteiger charge is 2.13. The first kappa shape index (κ1) is 30.5. The Balaban J connectivity index is 1.22. The van der Waals surface area contributed by atoms with E-state index in [1.165, 1.54) is 38.2 Å². The number of aliphatic imine (C=N–C) groups is 1. The van der Waals surface area contributed by atoms with E-state index in [9.17, 15) is 0 Å². The van der Waals surface area contributed by atoms with Crippen LogP contribution in [0.1, 0.15) is 18.1 Å². The summed E-state index contributed by atoms with van der Waals surface area (Å²) >= 11 is 0. The lowest BCUT2D eigenvalue weighted by molar-refractivity contribution is 1.21. The van der Waals surface area contributed by atoms with Gasteiger partial charge in [-0.2, -0.15) is 0 Å². The molecule has 2 heteroatoms. The Hall–Kier alpha value is -6.12. The first-order valence-corrected chi connectivity index (χ1v) is 16.4. The molecule has 0 unspecified atom stereocenters. The Morgan fingerprint density at radius 2 is 1.44 bits per heavy atom. The average Bonchev–Trinajstić information content (AvgIpc) is 3.15. The van der Waals surface area contributed by atoms with Crippen molar-refractivity contribution in [2.45, 2.75) is 13.3 Å². The van der Waals surface area contributed by atoms with Crippen LogP contribution in [0, 0.1) is 0 Å². The molecule has 0 amide bonds. The summed E-state index contributed by atoms with van der Waals surface area (Å²) in [6.07, 6.45) is 12.8. The smallest absolute Gasteiger partial charge is 0.0788 e. The summed E-state index contributed by atoms with van der Waals surface area (Å²) < 4.78 is 0. The molecule has 0 fully saturated rings. The van der Waals surface area contributed by atoms with Crippen LogP contribution in [0.4, 0.5) is 0 Å². The summed E-state index contributed by atoms with van der Waals surface area (Å²) in [4.78, 5) is 10.2. The van der Waals surface area contributed by atoms with Crippen molar-refractivity contribution >= 4 is 38.7 Å². The van der Waals surface area contributed by atoms with E-state index in [2.05, 4.69) is 152 Å². The summed E-state index contributed by atoms with van der Waals surface area (Å²) in [5.41, 5.74) is 9.65. The quantitative estimate of drug-likeness (QED) is 0.0900. The van der Waals surface area contributed by atoms with Crippen molar-refractivity contribution in [2.24, 2.45) is 4.99 Å². The molecule has 2 nitrogen and oxygen atoms in total. The van der Waals surface area contributed by atoms with E-state index < -0.39 is 0 Å². The molecule has 0 saturated carbocycles. The van der Waals surface area contributed by atoms with Gasteiger partial charge in [0.1, 0.15) is 0 Å². The maximum Gasteiger partial charge on any atom is 0.0788 e. The third-order valence-corrected chi connectivity index (χ3v) is 8.63. The van der Waals surface area contributed by atoms with E-state index in [-0.39, 0.29) is 0 Å². The SMILES string of the molecule is C=C/C=C(\C=C/C)C(=C/Cc1cccc(-c2ccccc2)c1)/N=Cc1ccc(-c2nc3ccccc3c3c2ccc2ccccc23)cc1. The highest BCUT2D eigenvalue weighted by Crippen LogP contribution is 2.37. The van der Waals surface area contributed by atoms with E-state index in [0.717, 1.165) is 45.4 Å². The maximum absolute atomic E-state index is 5.16. The molecule has 0 aliphatic carbocycles. The first-order valence-electron chi connectivity index (χ1n) is 16.4. The van der Waals surface area contributed by atoms with E-state index in [1.807, 2.05) is 37.4 Å². The topological polar surface area (TPSA) is 25.2 Å². The van der Waals surface area contributed by atoms with Gasteiger partial charge in [-0.25, -0.2) is 4.98 Å². The van der Waals surface area contributed by atoms with Crippen molar-refractivity contribution in [1.82, 2.24) is 4.98 Å². The third kappa shape index (κ3) is 6.42. The number of hydrogen-bond donors (Lipinski definition) is 0. The fraction of sp³-hybridized carbons (Fsp3) is 0.0435. The van der Waals surface area contributed by atoms with Crippen LogP contribution in [-0.4, -0.2) is 11.2 Å². The zero-order valence-corrected chi connectivity index (χ0v) is 27.1. The zero-order valence-electron chi connectivity index (χ0n) is 27.1. The molecule has 7 rings (SSSR count). The number of nitrogens with zero attached hydrogens (tertiary/aromatic N) is 2. The van der Waals surface area contributed by atoms with Crippen molar-refractivity contribution in [1.29, 1.82) is 0 Å². The molecule has 0 N–H and O–H groups in total. The highest BCUT2D eigenvalue weighted by atomic mass is 14.7.